The molecule has 21 heavy (non-hydrogen) atoms. The highest BCUT2D eigenvalue weighted by Gasteiger charge is 2.11. The van der Waals surface area contributed by atoms with Crippen LogP contribution < -0.4 is 5.32 Å². The third kappa shape index (κ3) is 7.05. The summed E-state index contributed by atoms with van der Waals surface area (Å²) in [5.74, 6) is -0.159. The quantitative estimate of drug-likeness (QED) is 0.651. The Labute approximate surface area is 129 Å². The molecule has 0 saturated heterocycles. The minimum absolute atomic E-state index is 0.159. The number of likely N-dealkylation sites (N-methyl/N-ethyl adjacent to an activating group) is 1. The molecule has 120 valence electrons. The summed E-state index contributed by atoms with van der Waals surface area (Å²) >= 11 is 0. The van der Waals surface area contributed by atoms with Gasteiger partial charge < -0.3 is 10.2 Å². The van der Waals surface area contributed by atoms with Crippen molar-refractivity contribution in [2.24, 2.45) is 0 Å². The number of nitrogens with zero attached hydrogens (tertiary/aromatic N) is 1. The van der Waals surface area contributed by atoms with Crippen molar-refractivity contribution in [1.82, 2.24) is 10.2 Å². The van der Waals surface area contributed by atoms with Gasteiger partial charge in [0, 0.05) is 19.1 Å². The second kappa shape index (κ2) is 10.7. The molecule has 0 saturated carbocycles. The second-order valence-electron chi connectivity index (χ2n) is 5.63. The summed E-state index contributed by atoms with van der Waals surface area (Å²) in [5, 5.41) is 3.65. The summed E-state index contributed by atoms with van der Waals surface area (Å²) in [7, 11) is 0. The Kier molecular flexibility index (Phi) is 9.27. The van der Waals surface area contributed by atoms with Crippen LogP contribution in [0.15, 0.2) is 24.3 Å². The first-order chi connectivity index (χ1) is 10.2. The number of rotatable bonds is 11. The van der Waals surface area contributed by atoms with Gasteiger partial charge in [-0.2, -0.15) is 0 Å². The lowest BCUT2D eigenvalue weighted by Gasteiger charge is -2.23. The Morgan fingerprint density at radius 3 is 2.33 bits per heavy atom. The van der Waals surface area contributed by atoms with E-state index in [1.165, 1.54) is 24.8 Å². The highest BCUT2D eigenvalue weighted by Crippen LogP contribution is 2.19. The van der Waals surface area contributed by atoms with Crippen LogP contribution in [0.3, 0.4) is 0 Å². The lowest BCUT2D eigenvalue weighted by atomic mass is 10.0. The van der Waals surface area contributed by atoms with Crippen LogP contribution in [0.5, 0.6) is 0 Å². The maximum Gasteiger partial charge on any atom is 0.123 e. The highest BCUT2D eigenvalue weighted by molar-refractivity contribution is 5.19. The summed E-state index contributed by atoms with van der Waals surface area (Å²) in [6.07, 6.45) is 4.70. The van der Waals surface area contributed by atoms with Crippen molar-refractivity contribution in [3.63, 3.8) is 0 Å². The van der Waals surface area contributed by atoms with E-state index in [0.717, 1.165) is 32.6 Å². The van der Waals surface area contributed by atoms with Crippen LogP contribution in [-0.4, -0.2) is 31.1 Å². The number of nitrogens with one attached hydrogen (secondary N) is 1. The van der Waals surface area contributed by atoms with Gasteiger partial charge in [0.05, 0.1) is 0 Å². The van der Waals surface area contributed by atoms with E-state index in [1.54, 1.807) is 12.1 Å². The number of unbranched alkanes of at least 4 members (excludes halogenated alkanes) is 1. The summed E-state index contributed by atoms with van der Waals surface area (Å²) in [6.45, 7) is 11.0. The molecule has 0 spiro atoms. The molecule has 0 bridgehead atoms. The fourth-order valence-corrected chi connectivity index (χ4v) is 2.63. The van der Waals surface area contributed by atoms with Gasteiger partial charge in [-0.25, -0.2) is 4.39 Å². The van der Waals surface area contributed by atoms with Crippen LogP contribution in [0.2, 0.25) is 0 Å². The van der Waals surface area contributed by atoms with Crippen LogP contribution in [0.1, 0.15) is 58.1 Å². The van der Waals surface area contributed by atoms with Crippen molar-refractivity contribution in [2.75, 3.05) is 26.2 Å². The minimum Gasteiger partial charge on any atom is -0.309 e. The summed E-state index contributed by atoms with van der Waals surface area (Å²) in [5.41, 5.74) is 1.20. The van der Waals surface area contributed by atoms with Gasteiger partial charge in [0.2, 0.25) is 0 Å². The van der Waals surface area contributed by atoms with E-state index in [0.29, 0.717) is 6.04 Å². The van der Waals surface area contributed by atoms with Crippen molar-refractivity contribution in [3.05, 3.63) is 35.6 Å². The van der Waals surface area contributed by atoms with Gasteiger partial charge in [-0.3, -0.25) is 0 Å². The van der Waals surface area contributed by atoms with E-state index in [-0.39, 0.29) is 5.82 Å². The van der Waals surface area contributed by atoms with Crippen LogP contribution in [0.25, 0.3) is 0 Å². The van der Waals surface area contributed by atoms with Crippen LogP contribution in [0.4, 0.5) is 4.39 Å². The fourth-order valence-electron chi connectivity index (χ4n) is 2.63. The molecule has 1 atom stereocenters. The van der Waals surface area contributed by atoms with Crippen molar-refractivity contribution in [3.8, 4) is 0 Å². The molecule has 0 aliphatic carbocycles. The van der Waals surface area contributed by atoms with Gasteiger partial charge in [0.15, 0.2) is 0 Å². The standard InChI is InChI=1S/C18H31FN2/c1-4-7-8-18(16-9-11-17(19)12-10-16)20-13-15-21(6-3)14-5-2/h9-12,18,20H,4-8,13-15H2,1-3H3. The third-order valence-electron chi connectivity index (χ3n) is 3.92. The molecule has 0 aliphatic heterocycles. The summed E-state index contributed by atoms with van der Waals surface area (Å²) < 4.78 is 13.1. The zero-order chi connectivity index (χ0) is 15.5. The molecule has 0 amide bonds. The molecule has 1 aromatic rings. The van der Waals surface area contributed by atoms with Gasteiger partial charge in [-0.05, 0) is 43.6 Å². The lowest BCUT2D eigenvalue weighted by Crippen LogP contribution is -2.34. The lowest BCUT2D eigenvalue weighted by molar-refractivity contribution is 0.281. The van der Waals surface area contributed by atoms with Crippen molar-refractivity contribution in [2.45, 2.75) is 52.5 Å². The first kappa shape index (κ1) is 18.1. The smallest absolute Gasteiger partial charge is 0.123 e. The number of hydrogen-bond donors (Lipinski definition) is 1. The maximum atomic E-state index is 13.1. The van der Waals surface area contributed by atoms with Crippen molar-refractivity contribution >= 4 is 0 Å². The Balaban J connectivity index is 2.51. The molecule has 1 aromatic carbocycles. The molecule has 1 rings (SSSR count). The van der Waals surface area contributed by atoms with Gasteiger partial charge in [-0.15, -0.1) is 0 Å². The fraction of sp³-hybridized carbons (Fsp3) is 0.667. The van der Waals surface area contributed by atoms with Gasteiger partial charge in [-0.1, -0.05) is 45.7 Å². The van der Waals surface area contributed by atoms with E-state index in [9.17, 15) is 4.39 Å². The zero-order valence-electron chi connectivity index (χ0n) is 13.9. The van der Waals surface area contributed by atoms with E-state index >= 15 is 0 Å². The normalized spacial score (nSPS) is 12.8. The molecular formula is C18H31FN2. The Bertz CT molecular complexity index is 364. The second-order valence-corrected chi connectivity index (χ2v) is 5.63. The Morgan fingerprint density at radius 1 is 1.05 bits per heavy atom. The molecule has 0 aromatic heterocycles. The molecule has 1 N–H and O–H groups in total. The topological polar surface area (TPSA) is 15.3 Å². The van der Waals surface area contributed by atoms with Crippen LogP contribution in [-0.2, 0) is 0 Å². The predicted octanol–water partition coefficient (Wildman–Crippen LogP) is 4.38. The van der Waals surface area contributed by atoms with Gasteiger partial charge >= 0.3 is 0 Å². The maximum absolute atomic E-state index is 13.1. The number of benzene rings is 1. The molecule has 3 heteroatoms. The largest absolute Gasteiger partial charge is 0.309 e. The van der Waals surface area contributed by atoms with E-state index < -0.39 is 0 Å². The molecule has 0 aliphatic rings. The van der Waals surface area contributed by atoms with E-state index in [1.807, 2.05) is 12.1 Å². The van der Waals surface area contributed by atoms with E-state index in [4.69, 9.17) is 0 Å². The van der Waals surface area contributed by atoms with E-state index in [2.05, 4.69) is 31.0 Å². The van der Waals surface area contributed by atoms with Crippen molar-refractivity contribution in [1.29, 1.82) is 0 Å². The Morgan fingerprint density at radius 2 is 1.76 bits per heavy atom. The first-order valence-electron chi connectivity index (χ1n) is 8.42. The molecule has 0 heterocycles. The average Bonchev–Trinajstić information content (AvgIpc) is 2.50. The van der Waals surface area contributed by atoms with Crippen LogP contribution in [0, 0.1) is 5.82 Å². The molecule has 1 unspecified atom stereocenters. The first-order valence-corrected chi connectivity index (χ1v) is 8.42. The molecule has 2 nitrogen and oxygen atoms in total. The summed E-state index contributed by atoms with van der Waals surface area (Å²) in [4.78, 5) is 2.47. The number of halogens is 1. The monoisotopic (exact) mass is 294 g/mol. The zero-order valence-corrected chi connectivity index (χ0v) is 13.9. The minimum atomic E-state index is -0.159. The predicted molar refractivity (Wildman–Crippen MR) is 89.1 cm³/mol. The molecule has 0 fully saturated rings. The van der Waals surface area contributed by atoms with Crippen molar-refractivity contribution < 1.29 is 4.39 Å². The highest BCUT2D eigenvalue weighted by atomic mass is 19.1. The molecular weight excluding hydrogens is 263 g/mol. The van der Waals surface area contributed by atoms with Gasteiger partial charge in [0.25, 0.3) is 0 Å². The molecule has 0 radical (unpaired) electrons. The van der Waals surface area contributed by atoms with Crippen LogP contribution >= 0.6 is 0 Å². The van der Waals surface area contributed by atoms with Gasteiger partial charge in [0.1, 0.15) is 5.82 Å². The summed E-state index contributed by atoms with van der Waals surface area (Å²) in [6, 6.07) is 7.28. The third-order valence-corrected chi connectivity index (χ3v) is 3.92. The SMILES string of the molecule is CCCCC(NCCN(CC)CCC)c1ccc(F)cc1. The number of hydrogen-bond acceptors (Lipinski definition) is 2. The Hall–Kier alpha value is -0.930. The average molecular weight is 294 g/mol.